The molecule has 0 aliphatic rings. The molecule has 7 nitrogen and oxygen atoms in total. The van der Waals surface area contributed by atoms with Gasteiger partial charge in [0.05, 0.1) is 18.7 Å². The molecule has 24 heavy (non-hydrogen) atoms. The number of nitrogens with one attached hydrogen (secondary N) is 2. The molecular weight excluding hydrogens is 334 g/mol. The second kappa shape index (κ2) is 8.16. The largest absolute Gasteiger partial charge is 0.493 e. The second-order valence-electron chi connectivity index (χ2n) is 4.57. The molecule has 0 spiro atoms. The van der Waals surface area contributed by atoms with E-state index in [0.29, 0.717) is 23.7 Å². The molecule has 2 N–H and O–H groups in total. The molecule has 0 saturated carbocycles. The number of hydrogen-bond donors (Lipinski definition) is 2. The Morgan fingerprint density at radius 2 is 1.75 bits per heavy atom. The number of halogens is 1. The Kier molecular flexibility index (Phi) is 5.97. The smallest absolute Gasteiger partial charge is 0.269 e. The monoisotopic (exact) mass is 349 g/mol. The number of hydrogen-bond acceptors (Lipinski definition) is 5. The van der Waals surface area contributed by atoms with Gasteiger partial charge in [-0.1, -0.05) is 11.6 Å². The fourth-order valence-corrected chi connectivity index (χ4v) is 2.16. The van der Waals surface area contributed by atoms with Gasteiger partial charge in [-0.2, -0.15) is 0 Å². The summed E-state index contributed by atoms with van der Waals surface area (Å²) < 4.78 is 10.6. The zero-order valence-electron chi connectivity index (χ0n) is 13.1. The first-order valence-corrected chi connectivity index (χ1v) is 7.45. The molecule has 0 aliphatic carbocycles. The number of aromatic nitrogens is 1. The topological polar surface area (TPSA) is 89.6 Å². The van der Waals surface area contributed by atoms with E-state index in [-0.39, 0.29) is 10.6 Å². The molecular formula is C16H16ClN3O4. The molecule has 0 fully saturated rings. The molecule has 0 bridgehead atoms. The van der Waals surface area contributed by atoms with Crippen LogP contribution >= 0.6 is 11.6 Å². The summed E-state index contributed by atoms with van der Waals surface area (Å²) in [5.74, 6) is -0.315. The predicted octanol–water partition coefficient (Wildman–Crippen LogP) is 2.22. The summed E-state index contributed by atoms with van der Waals surface area (Å²) in [6.07, 6.45) is 2.96. The number of carbonyl (C=O) groups excluding carboxylic acids is 2. The minimum Gasteiger partial charge on any atom is -0.493 e. The number of pyridine rings is 1. The van der Waals surface area contributed by atoms with Crippen LogP contribution in [0.2, 0.25) is 5.02 Å². The summed E-state index contributed by atoms with van der Waals surface area (Å²) >= 11 is 6.12. The van der Waals surface area contributed by atoms with Crippen LogP contribution in [0.5, 0.6) is 11.5 Å². The standard InChI is InChI=1S/C16H16ClN3O4/c1-3-24-14-12(17)8-11(9-13(14)23-2)16(22)20-19-15(21)10-4-6-18-7-5-10/h4-9H,3H2,1-2H3,(H,19,21)(H,20,22). The van der Waals surface area contributed by atoms with Crippen molar-refractivity contribution in [2.45, 2.75) is 6.92 Å². The first-order chi connectivity index (χ1) is 11.6. The van der Waals surface area contributed by atoms with Crippen LogP contribution in [0.3, 0.4) is 0 Å². The van der Waals surface area contributed by atoms with Gasteiger partial charge in [0.25, 0.3) is 11.8 Å². The average molecular weight is 350 g/mol. The second-order valence-corrected chi connectivity index (χ2v) is 4.97. The summed E-state index contributed by atoms with van der Waals surface area (Å²) in [5, 5.41) is 0.238. The number of rotatable bonds is 5. The van der Waals surface area contributed by atoms with Crippen LogP contribution in [0.1, 0.15) is 27.6 Å². The molecule has 0 radical (unpaired) electrons. The maximum atomic E-state index is 12.2. The Hall–Kier alpha value is -2.80. The highest BCUT2D eigenvalue weighted by atomic mass is 35.5. The van der Waals surface area contributed by atoms with E-state index in [1.165, 1.54) is 43.8 Å². The molecule has 1 aromatic heterocycles. The summed E-state index contributed by atoms with van der Waals surface area (Å²) in [6, 6.07) is 5.96. The lowest BCUT2D eigenvalue weighted by molar-refractivity contribution is 0.0846. The Morgan fingerprint density at radius 1 is 1.12 bits per heavy atom. The molecule has 8 heteroatoms. The van der Waals surface area contributed by atoms with E-state index < -0.39 is 11.8 Å². The predicted molar refractivity (Wildman–Crippen MR) is 88.3 cm³/mol. The van der Waals surface area contributed by atoms with Crippen molar-refractivity contribution in [1.82, 2.24) is 15.8 Å². The maximum absolute atomic E-state index is 12.2. The highest BCUT2D eigenvalue weighted by Gasteiger charge is 2.16. The fourth-order valence-electron chi connectivity index (χ4n) is 1.90. The zero-order valence-corrected chi connectivity index (χ0v) is 13.9. The summed E-state index contributed by atoms with van der Waals surface area (Å²) in [7, 11) is 1.45. The highest BCUT2D eigenvalue weighted by Crippen LogP contribution is 2.36. The van der Waals surface area contributed by atoms with Crippen LogP contribution in [0, 0.1) is 0 Å². The maximum Gasteiger partial charge on any atom is 0.269 e. The Bertz CT molecular complexity index is 738. The van der Waals surface area contributed by atoms with E-state index in [1.807, 2.05) is 6.92 Å². The number of ether oxygens (including phenoxy) is 2. The number of carbonyl (C=O) groups is 2. The van der Waals surface area contributed by atoms with E-state index in [1.54, 1.807) is 0 Å². The number of benzene rings is 1. The Balaban J connectivity index is 2.10. The lowest BCUT2D eigenvalue weighted by Crippen LogP contribution is -2.41. The van der Waals surface area contributed by atoms with Crippen LogP contribution in [0.4, 0.5) is 0 Å². The summed E-state index contributed by atoms with van der Waals surface area (Å²) in [6.45, 7) is 2.22. The average Bonchev–Trinajstić information content (AvgIpc) is 2.61. The van der Waals surface area contributed by atoms with Crippen LogP contribution in [-0.4, -0.2) is 30.5 Å². The first-order valence-electron chi connectivity index (χ1n) is 7.07. The molecule has 1 heterocycles. The van der Waals surface area contributed by atoms with E-state index in [4.69, 9.17) is 21.1 Å². The Labute approximate surface area is 143 Å². The third-order valence-electron chi connectivity index (χ3n) is 3.01. The SMILES string of the molecule is CCOc1c(Cl)cc(C(=O)NNC(=O)c2ccncc2)cc1OC. The van der Waals surface area contributed by atoms with Gasteiger partial charge in [0.2, 0.25) is 0 Å². The van der Waals surface area contributed by atoms with Crippen LogP contribution in [0.15, 0.2) is 36.7 Å². The zero-order chi connectivity index (χ0) is 17.5. The van der Waals surface area contributed by atoms with E-state index in [2.05, 4.69) is 15.8 Å². The molecule has 2 rings (SSSR count). The van der Waals surface area contributed by atoms with Gasteiger partial charge in [-0.25, -0.2) is 0 Å². The summed E-state index contributed by atoms with van der Waals surface area (Å²) in [4.78, 5) is 27.9. The number of methoxy groups -OCH3 is 1. The quantitative estimate of drug-likeness (QED) is 0.808. The van der Waals surface area contributed by atoms with Crippen molar-refractivity contribution in [3.8, 4) is 11.5 Å². The van der Waals surface area contributed by atoms with Gasteiger partial charge in [-0.3, -0.25) is 25.4 Å². The third-order valence-corrected chi connectivity index (χ3v) is 3.29. The molecule has 0 saturated heterocycles. The number of amides is 2. The van der Waals surface area contributed by atoms with Crippen molar-refractivity contribution in [2.24, 2.45) is 0 Å². The molecule has 1 aromatic carbocycles. The van der Waals surface area contributed by atoms with E-state index in [0.717, 1.165) is 0 Å². The lowest BCUT2D eigenvalue weighted by atomic mass is 10.2. The molecule has 0 atom stereocenters. The van der Waals surface area contributed by atoms with Gasteiger partial charge < -0.3 is 9.47 Å². The van der Waals surface area contributed by atoms with Crippen molar-refractivity contribution in [3.63, 3.8) is 0 Å². The minimum atomic E-state index is -0.541. The van der Waals surface area contributed by atoms with Gasteiger partial charge in [-0.15, -0.1) is 0 Å². The fraction of sp³-hybridized carbons (Fsp3) is 0.188. The van der Waals surface area contributed by atoms with Crippen molar-refractivity contribution >= 4 is 23.4 Å². The van der Waals surface area contributed by atoms with E-state index >= 15 is 0 Å². The Morgan fingerprint density at radius 3 is 2.33 bits per heavy atom. The lowest BCUT2D eigenvalue weighted by Gasteiger charge is -2.13. The van der Waals surface area contributed by atoms with Gasteiger partial charge in [-0.05, 0) is 31.2 Å². The van der Waals surface area contributed by atoms with Gasteiger partial charge in [0.1, 0.15) is 0 Å². The van der Waals surface area contributed by atoms with Crippen molar-refractivity contribution < 1.29 is 19.1 Å². The van der Waals surface area contributed by atoms with Gasteiger partial charge in [0, 0.05) is 23.5 Å². The van der Waals surface area contributed by atoms with Crippen LogP contribution in [0.25, 0.3) is 0 Å². The third kappa shape index (κ3) is 4.14. The van der Waals surface area contributed by atoms with E-state index in [9.17, 15) is 9.59 Å². The van der Waals surface area contributed by atoms with Crippen molar-refractivity contribution in [1.29, 1.82) is 0 Å². The molecule has 0 aliphatic heterocycles. The van der Waals surface area contributed by atoms with Gasteiger partial charge >= 0.3 is 0 Å². The van der Waals surface area contributed by atoms with Crippen LogP contribution < -0.4 is 20.3 Å². The number of hydrazine groups is 1. The molecule has 0 unspecified atom stereocenters. The number of nitrogens with zero attached hydrogens (tertiary/aromatic N) is 1. The van der Waals surface area contributed by atoms with Crippen molar-refractivity contribution in [3.05, 3.63) is 52.8 Å². The first kappa shape index (κ1) is 17.6. The van der Waals surface area contributed by atoms with Gasteiger partial charge in [0.15, 0.2) is 11.5 Å². The molecule has 126 valence electrons. The highest BCUT2D eigenvalue weighted by molar-refractivity contribution is 6.32. The van der Waals surface area contributed by atoms with Crippen LogP contribution in [-0.2, 0) is 0 Å². The molecule has 2 amide bonds. The normalized spacial score (nSPS) is 9.96. The van der Waals surface area contributed by atoms with Crippen molar-refractivity contribution in [2.75, 3.05) is 13.7 Å². The minimum absolute atomic E-state index is 0.218. The summed E-state index contributed by atoms with van der Waals surface area (Å²) in [5.41, 5.74) is 5.21. The molecule has 2 aromatic rings.